The van der Waals surface area contributed by atoms with Gasteiger partial charge in [-0.2, -0.15) is 0 Å². The summed E-state index contributed by atoms with van der Waals surface area (Å²) in [5, 5.41) is 17.3. The van der Waals surface area contributed by atoms with Crippen LogP contribution in [0.4, 0.5) is 0 Å². The average Bonchev–Trinajstić information content (AvgIpc) is 3.95. The number of benzene rings is 6. The van der Waals surface area contributed by atoms with E-state index in [1.807, 2.05) is 48.5 Å². The molecule has 6 aromatic carbocycles. The van der Waals surface area contributed by atoms with E-state index in [-0.39, 0.29) is 0 Å². The van der Waals surface area contributed by atoms with Crippen LogP contribution in [0, 0.1) is 0 Å². The Bertz CT molecular complexity index is 2230. The monoisotopic (exact) mass is 706 g/mol. The Labute approximate surface area is 316 Å². The first-order chi connectivity index (χ1) is 26.6. The van der Waals surface area contributed by atoms with E-state index in [0.29, 0.717) is 23.6 Å². The molecular formula is C48H42N4O2. The van der Waals surface area contributed by atoms with Crippen molar-refractivity contribution in [1.29, 1.82) is 0 Å². The van der Waals surface area contributed by atoms with Crippen LogP contribution >= 0.6 is 0 Å². The number of hydrogen-bond acceptors (Lipinski definition) is 6. The lowest BCUT2D eigenvalue weighted by Crippen LogP contribution is -1.85. The molecule has 2 heterocycles. The standard InChI is InChI=1S/C48H42N4O2/c1-3-5-7-33-9-13-35(14-10-33)37-17-25-41(26-18-37)45-49-51-47(53-45)43-29-21-39(22-30-43)40-23-31-44(32-24-40)48-52-50-46(54-48)42-27-19-38(20-28-42)36-15-11-34(12-16-36)8-6-4-2/h9-32H,3-8H2,1-2H3. The number of unbranched alkanes of at least 4 members (excludes halogenated alkanes) is 2. The maximum Gasteiger partial charge on any atom is 0.248 e. The second kappa shape index (κ2) is 16.1. The number of aromatic nitrogens is 4. The fraction of sp³-hybridized carbons (Fsp3) is 0.167. The van der Waals surface area contributed by atoms with Crippen LogP contribution in [-0.4, -0.2) is 20.4 Å². The lowest BCUT2D eigenvalue weighted by atomic mass is 10.0. The maximum absolute atomic E-state index is 6.09. The summed E-state index contributed by atoms with van der Waals surface area (Å²) in [6.45, 7) is 4.45. The van der Waals surface area contributed by atoms with Crippen molar-refractivity contribution in [2.45, 2.75) is 52.4 Å². The van der Waals surface area contributed by atoms with Crippen LogP contribution in [0.25, 0.3) is 79.2 Å². The zero-order valence-corrected chi connectivity index (χ0v) is 30.7. The summed E-state index contributed by atoms with van der Waals surface area (Å²) in [5.41, 5.74) is 13.1. The molecule has 0 aliphatic carbocycles. The summed E-state index contributed by atoms with van der Waals surface area (Å²) >= 11 is 0. The summed E-state index contributed by atoms with van der Waals surface area (Å²) in [6, 6.07) is 50.5. The fourth-order valence-electron chi connectivity index (χ4n) is 6.62. The highest BCUT2D eigenvalue weighted by Crippen LogP contribution is 2.31. The molecule has 0 bridgehead atoms. The largest absolute Gasteiger partial charge is 0.416 e. The molecule has 6 heteroatoms. The van der Waals surface area contributed by atoms with Crippen molar-refractivity contribution in [2.24, 2.45) is 0 Å². The highest BCUT2D eigenvalue weighted by atomic mass is 16.4. The second-order valence-corrected chi connectivity index (χ2v) is 13.7. The third-order valence-corrected chi connectivity index (χ3v) is 9.92. The van der Waals surface area contributed by atoms with Crippen molar-refractivity contribution in [3.05, 3.63) is 157 Å². The van der Waals surface area contributed by atoms with E-state index >= 15 is 0 Å². The van der Waals surface area contributed by atoms with Crippen LogP contribution in [0.3, 0.4) is 0 Å². The van der Waals surface area contributed by atoms with E-state index in [1.54, 1.807) is 0 Å². The molecule has 8 rings (SSSR count). The topological polar surface area (TPSA) is 77.8 Å². The minimum absolute atomic E-state index is 0.483. The van der Waals surface area contributed by atoms with Crippen LogP contribution in [0.5, 0.6) is 0 Å². The van der Waals surface area contributed by atoms with E-state index in [1.165, 1.54) is 47.9 Å². The Morgan fingerprint density at radius 3 is 0.722 bits per heavy atom. The summed E-state index contributed by atoms with van der Waals surface area (Å²) in [6.07, 6.45) is 7.10. The van der Waals surface area contributed by atoms with Gasteiger partial charge in [-0.3, -0.25) is 0 Å². The summed E-state index contributed by atoms with van der Waals surface area (Å²) < 4.78 is 12.2. The van der Waals surface area contributed by atoms with Crippen molar-refractivity contribution in [2.75, 3.05) is 0 Å². The third kappa shape index (κ3) is 7.83. The molecule has 0 unspecified atom stereocenters. The molecule has 266 valence electrons. The highest BCUT2D eigenvalue weighted by molar-refractivity contribution is 5.72. The molecule has 0 aliphatic rings. The number of aryl methyl sites for hydroxylation is 2. The van der Waals surface area contributed by atoms with Gasteiger partial charge in [-0.25, -0.2) is 0 Å². The van der Waals surface area contributed by atoms with Gasteiger partial charge in [-0.1, -0.05) is 124 Å². The van der Waals surface area contributed by atoms with Crippen LogP contribution in [0.1, 0.15) is 50.7 Å². The van der Waals surface area contributed by atoms with E-state index in [4.69, 9.17) is 8.83 Å². The van der Waals surface area contributed by atoms with Gasteiger partial charge in [0.25, 0.3) is 0 Å². The first-order valence-corrected chi connectivity index (χ1v) is 18.9. The molecule has 0 saturated heterocycles. The average molecular weight is 707 g/mol. The summed E-state index contributed by atoms with van der Waals surface area (Å²) in [7, 11) is 0. The van der Waals surface area contributed by atoms with Crippen molar-refractivity contribution < 1.29 is 8.83 Å². The predicted molar refractivity (Wildman–Crippen MR) is 217 cm³/mol. The van der Waals surface area contributed by atoms with E-state index in [9.17, 15) is 0 Å². The smallest absolute Gasteiger partial charge is 0.248 e. The van der Waals surface area contributed by atoms with Crippen LogP contribution in [-0.2, 0) is 12.8 Å². The first kappa shape index (κ1) is 34.7. The Kier molecular flexibility index (Phi) is 10.3. The molecule has 0 N–H and O–H groups in total. The molecule has 0 radical (unpaired) electrons. The first-order valence-electron chi connectivity index (χ1n) is 18.9. The van der Waals surface area contributed by atoms with Crippen LogP contribution < -0.4 is 0 Å². The molecule has 0 atom stereocenters. The lowest BCUT2D eigenvalue weighted by Gasteiger charge is -2.05. The maximum atomic E-state index is 6.09. The van der Waals surface area contributed by atoms with Gasteiger partial charge in [0.1, 0.15) is 0 Å². The Morgan fingerprint density at radius 2 is 0.500 bits per heavy atom. The van der Waals surface area contributed by atoms with Gasteiger partial charge in [-0.05, 0) is 119 Å². The zero-order chi connectivity index (χ0) is 36.7. The van der Waals surface area contributed by atoms with Crippen molar-refractivity contribution >= 4 is 0 Å². The minimum Gasteiger partial charge on any atom is -0.416 e. The molecule has 0 amide bonds. The Morgan fingerprint density at radius 1 is 0.296 bits per heavy atom. The summed E-state index contributed by atoms with van der Waals surface area (Å²) in [4.78, 5) is 0. The van der Waals surface area contributed by atoms with Gasteiger partial charge in [0.05, 0.1) is 0 Å². The fourth-order valence-corrected chi connectivity index (χ4v) is 6.62. The number of hydrogen-bond donors (Lipinski definition) is 0. The molecule has 6 nitrogen and oxygen atoms in total. The van der Waals surface area contributed by atoms with Crippen molar-refractivity contribution in [3.8, 4) is 79.2 Å². The quantitative estimate of drug-likeness (QED) is 0.119. The summed E-state index contributed by atoms with van der Waals surface area (Å²) in [5.74, 6) is 1.96. The highest BCUT2D eigenvalue weighted by Gasteiger charge is 2.14. The van der Waals surface area contributed by atoms with Gasteiger partial charge >= 0.3 is 0 Å². The van der Waals surface area contributed by atoms with Crippen LogP contribution in [0.15, 0.2) is 154 Å². The normalized spacial score (nSPS) is 11.2. The SMILES string of the molecule is CCCCc1ccc(-c2ccc(-c3nnc(-c4ccc(-c5ccc(-c6nnc(-c7ccc(-c8ccc(CCCC)cc8)cc7)o6)cc5)cc4)o3)cc2)cc1. The van der Waals surface area contributed by atoms with E-state index in [2.05, 4.69) is 131 Å². The van der Waals surface area contributed by atoms with Crippen molar-refractivity contribution in [1.82, 2.24) is 20.4 Å². The van der Waals surface area contributed by atoms with Crippen LogP contribution in [0.2, 0.25) is 0 Å². The lowest BCUT2D eigenvalue weighted by molar-refractivity contribution is 0.584. The van der Waals surface area contributed by atoms with Crippen molar-refractivity contribution in [3.63, 3.8) is 0 Å². The molecule has 0 aliphatic heterocycles. The molecule has 8 aromatic rings. The second-order valence-electron chi connectivity index (χ2n) is 13.7. The van der Waals surface area contributed by atoms with Gasteiger partial charge in [0.15, 0.2) is 0 Å². The van der Waals surface area contributed by atoms with Gasteiger partial charge < -0.3 is 8.83 Å². The molecule has 0 saturated carbocycles. The zero-order valence-electron chi connectivity index (χ0n) is 30.7. The minimum atomic E-state index is 0.483. The van der Waals surface area contributed by atoms with E-state index < -0.39 is 0 Å². The Hall–Kier alpha value is -6.40. The molecule has 54 heavy (non-hydrogen) atoms. The third-order valence-electron chi connectivity index (χ3n) is 9.92. The molecular weight excluding hydrogens is 665 g/mol. The molecule has 0 fully saturated rings. The Balaban J connectivity index is 0.892. The molecule has 0 spiro atoms. The van der Waals surface area contributed by atoms with Gasteiger partial charge in [0.2, 0.25) is 23.6 Å². The molecule has 2 aromatic heterocycles. The predicted octanol–water partition coefficient (Wildman–Crippen LogP) is 12.8. The van der Waals surface area contributed by atoms with Gasteiger partial charge in [0, 0.05) is 22.3 Å². The van der Waals surface area contributed by atoms with E-state index in [0.717, 1.165) is 57.3 Å². The number of rotatable bonds is 13. The number of nitrogens with zero attached hydrogens (tertiary/aromatic N) is 4. The van der Waals surface area contributed by atoms with Gasteiger partial charge in [-0.15, -0.1) is 20.4 Å².